The molecule has 0 saturated heterocycles. The van der Waals surface area contributed by atoms with Crippen molar-refractivity contribution >= 4 is 54.3 Å². The summed E-state index contributed by atoms with van der Waals surface area (Å²) in [5.74, 6) is -1.05. The molecule has 3 aromatic carbocycles. The van der Waals surface area contributed by atoms with E-state index in [1.54, 1.807) is 13.0 Å². The molecular formula is C20H16FN5O7S2. The van der Waals surface area contributed by atoms with Crippen LogP contribution in [0.1, 0.15) is 5.56 Å². The molecule has 4 rings (SSSR count). The number of aromatic nitrogens is 3. The van der Waals surface area contributed by atoms with E-state index in [1.807, 2.05) is 0 Å². The maximum absolute atomic E-state index is 14.1. The Morgan fingerprint density at radius 3 is 2.17 bits per heavy atom. The number of nitrogens with zero attached hydrogens (tertiary/aromatic N) is 3. The Hall–Kier alpha value is -3.92. The first-order valence-corrected chi connectivity index (χ1v) is 12.5. The van der Waals surface area contributed by atoms with Crippen molar-refractivity contribution in [2.75, 3.05) is 10.6 Å². The number of hydrogen-bond acceptors (Lipinski definition) is 10. The van der Waals surface area contributed by atoms with Gasteiger partial charge in [0, 0.05) is 17.1 Å². The molecule has 4 aromatic rings. The van der Waals surface area contributed by atoms with Crippen LogP contribution in [0, 0.1) is 13.0 Å². The van der Waals surface area contributed by atoms with Crippen molar-refractivity contribution in [2.24, 2.45) is 0 Å². The molecule has 0 radical (unpaired) electrons. The van der Waals surface area contributed by atoms with E-state index < -0.39 is 36.1 Å². The molecule has 0 amide bonds. The third kappa shape index (κ3) is 5.43. The van der Waals surface area contributed by atoms with Gasteiger partial charge >= 0.3 is 6.08 Å². The Morgan fingerprint density at radius 2 is 1.51 bits per heavy atom. The van der Waals surface area contributed by atoms with Gasteiger partial charge in [-0.15, -0.1) is 0 Å². The molecule has 0 unspecified atom stereocenters. The standard InChI is InChI=1S/C20H16FN5O7S2/c1-10-2-5-15(17(6-10)35(31,32)33)23-20-25-18(21)24-19(26-20)22-12-3-4-14-11(7-12)8-13(9-16(14)27)34(28,29)30/h2-9,27H,1H3,(H,28,29,30)(H,31,32,33)(H2,22,23,24,25,26). The van der Waals surface area contributed by atoms with Gasteiger partial charge in [0.2, 0.25) is 11.9 Å². The number of rotatable bonds is 6. The first-order chi connectivity index (χ1) is 16.3. The van der Waals surface area contributed by atoms with Crippen molar-refractivity contribution in [3.8, 4) is 5.75 Å². The van der Waals surface area contributed by atoms with Crippen LogP contribution in [-0.2, 0) is 20.2 Å². The van der Waals surface area contributed by atoms with Gasteiger partial charge in [0.15, 0.2) is 0 Å². The van der Waals surface area contributed by atoms with E-state index in [9.17, 15) is 35.4 Å². The number of aromatic hydroxyl groups is 1. The molecule has 35 heavy (non-hydrogen) atoms. The Morgan fingerprint density at radius 1 is 0.829 bits per heavy atom. The minimum atomic E-state index is -4.61. The maximum atomic E-state index is 14.1. The second-order valence-electron chi connectivity index (χ2n) is 7.33. The fourth-order valence-electron chi connectivity index (χ4n) is 3.21. The lowest BCUT2D eigenvalue weighted by Crippen LogP contribution is -2.09. The molecule has 1 heterocycles. The van der Waals surface area contributed by atoms with E-state index in [0.29, 0.717) is 5.56 Å². The van der Waals surface area contributed by atoms with E-state index in [1.165, 1.54) is 30.3 Å². The van der Waals surface area contributed by atoms with Crippen LogP contribution in [-0.4, -0.2) is 46.0 Å². The van der Waals surface area contributed by atoms with E-state index in [2.05, 4.69) is 25.6 Å². The number of phenols is 1. The number of aryl methyl sites for hydroxylation is 1. The molecule has 15 heteroatoms. The summed E-state index contributed by atoms with van der Waals surface area (Å²) in [5, 5.41) is 15.8. The molecule has 0 aliphatic rings. The van der Waals surface area contributed by atoms with Gasteiger partial charge in [0.05, 0.1) is 10.6 Å². The molecule has 0 bridgehead atoms. The zero-order valence-corrected chi connectivity index (χ0v) is 19.3. The molecule has 0 aliphatic carbocycles. The van der Waals surface area contributed by atoms with Crippen LogP contribution >= 0.6 is 0 Å². The SMILES string of the molecule is Cc1ccc(Nc2nc(F)nc(Nc3ccc4c(O)cc(S(=O)(=O)O)cc4c3)n2)c(S(=O)(=O)O)c1. The van der Waals surface area contributed by atoms with Crippen molar-refractivity contribution in [1.29, 1.82) is 0 Å². The zero-order valence-electron chi connectivity index (χ0n) is 17.6. The van der Waals surface area contributed by atoms with Gasteiger partial charge in [-0.05, 0) is 54.3 Å². The molecule has 0 atom stereocenters. The maximum Gasteiger partial charge on any atom is 0.315 e. The number of benzene rings is 3. The summed E-state index contributed by atoms with van der Waals surface area (Å²) in [6.07, 6.45) is -1.21. The van der Waals surface area contributed by atoms with Crippen LogP contribution in [0.5, 0.6) is 5.75 Å². The average Bonchev–Trinajstić information content (AvgIpc) is 2.73. The number of fused-ring (bicyclic) bond motifs is 1. The van der Waals surface area contributed by atoms with E-state index in [-0.39, 0.29) is 39.8 Å². The highest BCUT2D eigenvalue weighted by atomic mass is 32.2. The van der Waals surface area contributed by atoms with Crippen LogP contribution in [0.4, 0.5) is 27.7 Å². The summed E-state index contributed by atoms with van der Waals surface area (Å²) in [6, 6.07) is 10.5. The smallest absolute Gasteiger partial charge is 0.315 e. The van der Waals surface area contributed by atoms with E-state index in [4.69, 9.17) is 0 Å². The van der Waals surface area contributed by atoms with Gasteiger partial charge in [0.25, 0.3) is 20.2 Å². The van der Waals surface area contributed by atoms with E-state index in [0.717, 1.165) is 12.1 Å². The fourth-order valence-corrected chi connectivity index (χ4v) is 4.48. The predicted molar refractivity (Wildman–Crippen MR) is 123 cm³/mol. The highest BCUT2D eigenvalue weighted by Crippen LogP contribution is 2.31. The first kappa shape index (κ1) is 24.2. The van der Waals surface area contributed by atoms with Crippen LogP contribution in [0.3, 0.4) is 0 Å². The highest BCUT2D eigenvalue weighted by Gasteiger charge is 2.18. The van der Waals surface area contributed by atoms with Crippen LogP contribution in [0.25, 0.3) is 10.8 Å². The summed E-state index contributed by atoms with van der Waals surface area (Å²) in [4.78, 5) is 9.98. The topological polar surface area (TPSA) is 192 Å². The normalized spacial score (nSPS) is 12.0. The Labute approximate surface area is 198 Å². The molecule has 12 nitrogen and oxygen atoms in total. The summed E-state index contributed by atoms with van der Waals surface area (Å²) in [7, 11) is -9.19. The summed E-state index contributed by atoms with van der Waals surface area (Å²) in [6.45, 7) is 1.62. The monoisotopic (exact) mass is 521 g/mol. The molecule has 1 aromatic heterocycles. The third-order valence-electron chi connectivity index (χ3n) is 4.73. The molecule has 5 N–H and O–H groups in total. The van der Waals surface area contributed by atoms with Gasteiger partial charge < -0.3 is 15.7 Å². The number of hydrogen-bond donors (Lipinski definition) is 5. The third-order valence-corrected chi connectivity index (χ3v) is 6.45. The summed E-state index contributed by atoms with van der Waals surface area (Å²) < 4.78 is 79.1. The molecule has 0 spiro atoms. The quantitative estimate of drug-likeness (QED) is 0.233. The molecule has 0 aliphatic heterocycles. The number of halogens is 1. The zero-order chi connectivity index (χ0) is 25.5. The number of phenolic OH excluding ortho intramolecular Hbond substituents is 1. The van der Waals surface area contributed by atoms with Gasteiger partial charge in [0.1, 0.15) is 10.6 Å². The predicted octanol–water partition coefficient (Wildman–Crippen LogP) is 3.16. The second-order valence-corrected chi connectivity index (χ2v) is 10.1. The summed E-state index contributed by atoms with van der Waals surface area (Å²) >= 11 is 0. The van der Waals surface area contributed by atoms with Gasteiger partial charge in [-0.2, -0.15) is 36.2 Å². The molecule has 0 saturated carbocycles. The average molecular weight is 522 g/mol. The minimum absolute atomic E-state index is 0.103. The number of anilines is 4. The van der Waals surface area contributed by atoms with Crippen LogP contribution in [0.15, 0.2) is 58.3 Å². The Kier molecular flexibility index (Phi) is 6.02. The number of nitrogens with one attached hydrogen (secondary N) is 2. The lowest BCUT2D eigenvalue weighted by Gasteiger charge is -2.12. The molecule has 182 valence electrons. The fraction of sp³-hybridized carbons (Fsp3) is 0.0500. The minimum Gasteiger partial charge on any atom is -0.507 e. The van der Waals surface area contributed by atoms with E-state index >= 15 is 0 Å². The molecular weight excluding hydrogens is 505 g/mol. The summed E-state index contributed by atoms with van der Waals surface area (Å²) in [5.41, 5.74) is 0.704. The van der Waals surface area contributed by atoms with Gasteiger partial charge in [-0.3, -0.25) is 9.11 Å². The van der Waals surface area contributed by atoms with Gasteiger partial charge in [-0.1, -0.05) is 6.07 Å². The van der Waals surface area contributed by atoms with Crippen molar-refractivity contribution in [3.63, 3.8) is 0 Å². The Balaban J connectivity index is 1.69. The van der Waals surface area contributed by atoms with Crippen molar-refractivity contribution < 1.29 is 35.4 Å². The van der Waals surface area contributed by atoms with Crippen molar-refractivity contribution in [3.05, 3.63) is 60.2 Å². The second kappa shape index (κ2) is 8.70. The lowest BCUT2D eigenvalue weighted by atomic mass is 10.1. The van der Waals surface area contributed by atoms with Crippen molar-refractivity contribution in [2.45, 2.75) is 16.7 Å². The molecule has 0 fully saturated rings. The Bertz CT molecular complexity index is 1700. The largest absolute Gasteiger partial charge is 0.507 e. The first-order valence-electron chi connectivity index (χ1n) is 9.58. The lowest BCUT2D eigenvalue weighted by molar-refractivity contribution is 0.471. The van der Waals surface area contributed by atoms with Crippen LogP contribution < -0.4 is 10.6 Å². The van der Waals surface area contributed by atoms with Gasteiger partial charge in [-0.25, -0.2) is 0 Å². The van der Waals surface area contributed by atoms with Crippen LogP contribution in [0.2, 0.25) is 0 Å². The highest BCUT2D eigenvalue weighted by molar-refractivity contribution is 7.86. The van der Waals surface area contributed by atoms with Crippen molar-refractivity contribution in [1.82, 2.24) is 15.0 Å².